The van der Waals surface area contributed by atoms with E-state index >= 15 is 0 Å². The Hall–Kier alpha value is -0.960. The van der Waals surface area contributed by atoms with Gasteiger partial charge in [-0.15, -0.1) is 0 Å². The van der Waals surface area contributed by atoms with Crippen molar-refractivity contribution in [2.75, 3.05) is 0 Å². The fourth-order valence-electron chi connectivity index (χ4n) is 3.42. The van der Waals surface area contributed by atoms with Crippen molar-refractivity contribution in [2.24, 2.45) is 0 Å². The molecular formula is C25H42O2S. The van der Waals surface area contributed by atoms with Gasteiger partial charge in [0.1, 0.15) is 0 Å². The number of carbonyl (C=O) groups is 1. The number of hydrogen-bond acceptors (Lipinski definition) is 3. The van der Waals surface area contributed by atoms with E-state index in [1.165, 1.54) is 101 Å². The van der Waals surface area contributed by atoms with E-state index in [9.17, 15) is 4.79 Å². The molecule has 0 aliphatic heterocycles. The van der Waals surface area contributed by atoms with Crippen LogP contribution in [0.5, 0.6) is 0 Å². The average Bonchev–Trinajstić information content (AvgIpc) is 2.71. The summed E-state index contributed by atoms with van der Waals surface area (Å²) in [7, 11) is 0. The summed E-state index contributed by atoms with van der Waals surface area (Å²) in [6.07, 6.45) is 20.7. The summed E-state index contributed by atoms with van der Waals surface area (Å²) in [5.74, 6) is 0.654. The quantitative estimate of drug-likeness (QED) is 0.170. The summed E-state index contributed by atoms with van der Waals surface area (Å²) in [6, 6.07) is 10.1. The maximum atomic E-state index is 11.7. The van der Waals surface area contributed by atoms with E-state index in [-0.39, 0.29) is 5.97 Å². The summed E-state index contributed by atoms with van der Waals surface area (Å²) >= 11 is 1.25. The van der Waals surface area contributed by atoms with E-state index in [1.807, 2.05) is 18.2 Å². The normalized spacial score (nSPS) is 10.9. The SMILES string of the molecule is CCCCCCCCCCCCCCCCCC(=O)OSCc1ccccc1. The first-order valence-corrected chi connectivity index (χ1v) is 12.6. The van der Waals surface area contributed by atoms with Gasteiger partial charge in [-0.25, -0.2) is 0 Å². The molecule has 1 rings (SSSR count). The topological polar surface area (TPSA) is 26.3 Å². The van der Waals surface area contributed by atoms with Gasteiger partial charge < -0.3 is 4.18 Å². The lowest BCUT2D eigenvalue weighted by Crippen LogP contribution is -1.98. The second kappa shape index (κ2) is 19.4. The largest absolute Gasteiger partial charge is 0.391 e. The van der Waals surface area contributed by atoms with Crippen LogP contribution in [0, 0.1) is 0 Å². The highest BCUT2D eigenvalue weighted by Crippen LogP contribution is 2.16. The number of rotatable bonds is 19. The van der Waals surface area contributed by atoms with Crippen LogP contribution >= 0.6 is 12.0 Å². The summed E-state index contributed by atoms with van der Waals surface area (Å²) in [4.78, 5) is 11.7. The Labute approximate surface area is 178 Å². The molecule has 1 aromatic carbocycles. The highest BCUT2D eigenvalue weighted by atomic mass is 32.2. The van der Waals surface area contributed by atoms with Gasteiger partial charge in [-0.3, -0.25) is 4.79 Å². The molecule has 0 heterocycles. The molecule has 0 unspecified atom stereocenters. The molecule has 0 radical (unpaired) electrons. The monoisotopic (exact) mass is 406 g/mol. The zero-order chi connectivity index (χ0) is 20.1. The molecular weight excluding hydrogens is 364 g/mol. The van der Waals surface area contributed by atoms with Crippen LogP contribution in [0.4, 0.5) is 0 Å². The minimum Gasteiger partial charge on any atom is -0.391 e. The van der Waals surface area contributed by atoms with Crippen molar-refractivity contribution in [1.82, 2.24) is 0 Å². The fraction of sp³-hybridized carbons (Fsp3) is 0.720. The first-order valence-electron chi connectivity index (χ1n) is 11.7. The Kier molecular flexibility index (Phi) is 17.3. The van der Waals surface area contributed by atoms with Crippen LogP contribution in [-0.2, 0) is 14.7 Å². The Bertz CT molecular complexity index is 461. The molecule has 2 nitrogen and oxygen atoms in total. The lowest BCUT2D eigenvalue weighted by molar-refractivity contribution is -0.133. The van der Waals surface area contributed by atoms with Gasteiger partial charge in [0, 0.05) is 6.42 Å². The van der Waals surface area contributed by atoms with E-state index in [2.05, 4.69) is 19.1 Å². The zero-order valence-electron chi connectivity index (χ0n) is 18.1. The lowest BCUT2D eigenvalue weighted by Gasteiger charge is -2.04. The summed E-state index contributed by atoms with van der Waals surface area (Å²) in [5, 5.41) is 0. The van der Waals surface area contributed by atoms with Crippen LogP contribution in [0.1, 0.15) is 115 Å². The summed E-state index contributed by atoms with van der Waals surface area (Å²) < 4.78 is 5.24. The van der Waals surface area contributed by atoms with Crippen molar-refractivity contribution in [2.45, 2.75) is 115 Å². The van der Waals surface area contributed by atoms with E-state index in [0.717, 1.165) is 18.6 Å². The van der Waals surface area contributed by atoms with Crippen molar-refractivity contribution in [3.63, 3.8) is 0 Å². The molecule has 0 spiro atoms. The third-order valence-electron chi connectivity index (χ3n) is 5.20. The standard InChI is InChI=1S/C25H42O2S/c1-2-3-4-5-6-7-8-9-10-11-12-13-14-15-19-22-25(26)27-28-23-24-20-17-16-18-21-24/h16-18,20-21H,2-15,19,22-23H2,1H3. The number of unbranched alkanes of at least 4 members (excludes halogenated alkanes) is 14. The van der Waals surface area contributed by atoms with Crippen LogP contribution in [0.2, 0.25) is 0 Å². The van der Waals surface area contributed by atoms with E-state index in [4.69, 9.17) is 4.18 Å². The molecule has 0 N–H and O–H groups in total. The molecule has 0 aromatic heterocycles. The van der Waals surface area contributed by atoms with E-state index in [1.54, 1.807) is 0 Å². The van der Waals surface area contributed by atoms with Crippen LogP contribution in [0.3, 0.4) is 0 Å². The third-order valence-corrected chi connectivity index (χ3v) is 5.96. The van der Waals surface area contributed by atoms with Crippen LogP contribution in [-0.4, -0.2) is 5.97 Å². The van der Waals surface area contributed by atoms with Gasteiger partial charge in [0.15, 0.2) is 0 Å². The molecule has 0 bridgehead atoms. The molecule has 3 heteroatoms. The minimum absolute atomic E-state index is 0.0735. The Morgan fingerprint density at radius 2 is 1.18 bits per heavy atom. The van der Waals surface area contributed by atoms with Crippen molar-refractivity contribution in [3.05, 3.63) is 35.9 Å². The van der Waals surface area contributed by atoms with Gasteiger partial charge in [0.25, 0.3) is 0 Å². The Morgan fingerprint density at radius 3 is 1.68 bits per heavy atom. The van der Waals surface area contributed by atoms with Gasteiger partial charge in [-0.05, 0) is 12.0 Å². The van der Waals surface area contributed by atoms with Crippen LogP contribution in [0.25, 0.3) is 0 Å². The summed E-state index contributed by atoms with van der Waals surface area (Å²) in [6.45, 7) is 2.28. The Morgan fingerprint density at radius 1 is 0.714 bits per heavy atom. The predicted molar refractivity (Wildman–Crippen MR) is 123 cm³/mol. The van der Waals surface area contributed by atoms with E-state index < -0.39 is 0 Å². The summed E-state index contributed by atoms with van der Waals surface area (Å²) in [5.41, 5.74) is 1.19. The molecule has 0 aliphatic carbocycles. The highest BCUT2D eigenvalue weighted by molar-refractivity contribution is 7.94. The fourth-order valence-corrected chi connectivity index (χ4v) is 4.02. The van der Waals surface area contributed by atoms with Crippen LogP contribution in [0.15, 0.2) is 30.3 Å². The van der Waals surface area contributed by atoms with Gasteiger partial charge >= 0.3 is 5.97 Å². The second-order valence-corrected chi connectivity index (χ2v) is 8.59. The molecule has 0 aliphatic rings. The average molecular weight is 407 g/mol. The smallest absolute Gasteiger partial charge is 0.317 e. The predicted octanol–water partition coefficient (Wildman–Crippen LogP) is 8.64. The molecule has 0 amide bonds. The molecule has 1 aromatic rings. The number of hydrogen-bond donors (Lipinski definition) is 0. The molecule has 0 atom stereocenters. The van der Waals surface area contributed by atoms with E-state index in [0.29, 0.717) is 6.42 Å². The molecule has 0 saturated carbocycles. The molecule has 28 heavy (non-hydrogen) atoms. The maximum absolute atomic E-state index is 11.7. The first kappa shape index (κ1) is 25.1. The third kappa shape index (κ3) is 16.0. The van der Waals surface area contributed by atoms with Gasteiger partial charge in [0.05, 0.1) is 17.8 Å². The van der Waals surface area contributed by atoms with Crippen molar-refractivity contribution in [1.29, 1.82) is 0 Å². The molecule has 0 saturated heterocycles. The molecule has 160 valence electrons. The minimum atomic E-state index is -0.0735. The van der Waals surface area contributed by atoms with Crippen molar-refractivity contribution < 1.29 is 8.98 Å². The van der Waals surface area contributed by atoms with Gasteiger partial charge in [0.2, 0.25) is 0 Å². The van der Waals surface area contributed by atoms with Crippen LogP contribution < -0.4 is 0 Å². The zero-order valence-corrected chi connectivity index (χ0v) is 18.9. The Balaban J connectivity index is 1.76. The van der Waals surface area contributed by atoms with Gasteiger partial charge in [-0.2, -0.15) is 0 Å². The van der Waals surface area contributed by atoms with Crippen molar-refractivity contribution >= 4 is 18.0 Å². The maximum Gasteiger partial charge on any atom is 0.317 e. The molecule has 0 fully saturated rings. The lowest BCUT2D eigenvalue weighted by atomic mass is 10.0. The van der Waals surface area contributed by atoms with Crippen molar-refractivity contribution in [3.8, 4) is 0 Å². The number of carbonyl (C=O) groups excluding carboxylic acids is 1. The van der Waals surface area contributed by atoms with Gasteiger partial charge in [-0.1, -0.05) is 127 Å². The second-order valence-electron chi connectivity index (χ2n) is 7.90. The first-order chi connectivity index (χ1) is 13.8. The number of benzene rings is 1. The highest BCUT2D eigenvalue weighted by Gasteiger charge is 2.04.